The molecule has 2 rings (SSSR count). The van der Waals surface area contributed by atoms with Crippen molar-refractivity contribution in [1.82, 2.24) is 15.3 Å². The highest BCUT2D eigenvalue weighted by molar-refractivity contribution is 6.05. The minimum absolute atomic E-state index is 0.0329. The number of nitrogens with zero attached hydrogens (tertiary/aromatic N) is 3. The summed E-state index contributed by atoms with van der Waals surface area (Å²) in [5.74, 6) is -0.507. The molecule has 0 aromatic carbocycles. The molecule has 82 valence electrons. The zero-order valence-electron chi connectivity index (χ0n) is 8.47. The number of carbonyl (C=O) groups excluding carboxylic acids is 1. The summed E-state index contributed by atoms with van der Waals surface area (Å²) in [6.07, 6.45) is 1.59. The molecule has 0 aliphatic carbocycles. The quantitative estimate of drug-likeness (QED) is 0.766. The van der Waals surface area contributed by atoms with Crippen molar-refractivity contribution in [1.29, 1.82) is 0 Å². The normalized spacial score (nSPS) is 10.1. The van der Waals surface area contributed by atoms with Crippen LogP contribution in [-0.4, -0.2) is 21.2 Å². The van der Waals surface area contributed by atoms with Crippen molar-refractivity contribution >= 4 is 17.4 Å². The van der Waals surface area contributed by atoms with E-state index in [0.717, 1.165) is 5.69 Å². The molecule has 0 spiro atoms. The molecule has 0 aliphatic heterocycles. The number of hydrogen-bond donors (Lipinski definition) is 2. The molecule has 0 aliphatic rings. The second-order valence-electron chi connectivity index (χ2n) is 3.14. The lowest BCUT2D eigenvalue weighted by molar-refractivity contribution is 0.101. The van der Waals surface area contributed by atoms with Crippen molar-refractivity contribution in [3.05, 3.63) is 29.7 Å². The van der Waals surface area contributed by atoms with Gasteiger partial charge < -0.3 is 11.1 Å². The maximum Gasteiger partial charge on any atom is 0.281 e. The molecule has 7 nitrogen and oxygen atoms in total. The smallest absolute Gasteiger partial charge is 0.281 e. The number of nitrogens with one attached hydrogen (secondary N) is 1. The van der Waals surface area contributed by atoms with Gasteiger partial charge in [-0.15, -0.1) is 0 Å². The Labute approximate surface area is 90.6 Å². The fourth-order valence-corrected chi connectivity index (χ4v) is 1.17. The van der Waals surface area contributed by atoms with Gasteiger partial charge in [0.05, 0.1) is 0 Å². The van der Waals surface area contributed by atoms with Crippen LogP contribution >= 0.6 is 0 Å². The first-order chi connectivity index (χ1) is 7.66. The molecule has 16 heavy (non-hydrogen) atoms. The van der Waals surface area contributed by atoms with Gasteiger partial charge >= 0.3 is 0 Å². The fraction of sp³-hybridized carbons (Fsp3) is 0.111. The minimum atomic E-state index is -0.468. The van der Waals surface area contributed by atoms with Crippen molar-refractivity contribution in [2.24, 2.45) is 0 Å². The van der Waals surface area contributed by atoms with Gasteiger partial charge in [0, 0.05) is 17.6 Å². The number of rotatable bonds is 2. The molecule has 0 atom stereocenters. The molecular weight excluding hydrogens is 210 g/mol. The highest BCUT2D eigenvalue weighted by Crippen LogP contribution is 2.11. The van der Waals surface area contributed by atoms with Crippen LogP contribution in [0.25, 0.3) is 0 Å². The predicted octanol–water partition coefficient (Wildman–Crippen LogP) is 0.608. The van der Waals surface area contributed by atoms with E-state index in [1.54, 1.807) is 18.3 Å². The molecule has 0 bridgehead atoms. The highest BCUT2D eigenvalue weighted by Gasteiger charge is 2.15. The fourth-order valence-electron chi connectivity index (χ4n) is 1.17. The molecule has 7 heteroatoms. The van der Waals surface area contributed by atoms with E-state index < -0.39 is 5.91 Å². The molecule has 0 radical (unpaired) electrons. The van der Waals surface area contributed by atoms with Gasteiger partial charge in [-0.3, -0.25) is 9.78 Å². The van der Waals surface area contributed by atoms with Gasteiger partial charge in [0.15, 0.2) is 0 Å². The second kappa shape index (κ2) is 3.97. The number of aryl methyl sites for hydroxylation is 1. The second-order valence-corrected chi connectivity index (χ2v) is 3.14. The van der Waals surface area contributed by atoms with Crippen molar-refractivity contribution in [2.45, 2.75) is 6.92 Å². The first-order valence-electron chi connectivity index (χ1n) is 4.49. The molecule has 2 aromatic rings. The summed E-state index contributed by atoms with van der Waals surface area (Å²) in [7, 11) is 0. The molecule has 0 saturated heterocycles. The number of nitrogens with two attached hydrogens (primary N) is 1. The monoisotopic (exact) mass is 219 g/mol. The molecule has 2 aromatic heterocycles. The Morgan fingerprint density at radius 3 is 2.94 bits per heavy atom. The van der Waals surface area contributed by atoms with Crippen molar-refractivity contribution in [3.63, 3.8) is 0 Å². The number of pyridine rings is 1. The summed E-state index contributed by atoms with van der Waals surface area (Å²) in [5.41, 5.74) is 6.76. The maximum absolute atomic E-state index is 11.6. The van der Waals surface area contributed by atoms with Crippen LogP contribution in [0.5, 0.6) is 0 Å². The van der Waals surface area contributed by atoms with Gasteiger partial charge in [-0.05, 0) is 29.4 Å². The first-order valence-corrected chi connectivity index (χ1v) is 4.49. The number of anilines is 2. The number of amides is 1. The van der Waals surface area contributed by atoms with Crippen LogP contribution in [0.4, 0.5) is 11.5 Å². The zero-order valence-corrected chi connectivity index (χ0v) is 8.47. The van der Waals surface area contributed by atoms with E-state index in [1.165, 1.54) is 0 Å². The molecule has 0 unspecified atom stereocenters. The average Bonchev–Trinajstić information content (AvgIpc) is 2.64. The van der Waals surface area contributed by atoms with Gasteiger partial charge in [-0.1, -0.05) is 0 Å². The van der Waals surface area contributed by atoms with E-state index in [0.29, 0.717) is 5.69 Å². The largest absolute Gasteiger partial charge is 0.379 e. The van der Waals surface area contributed by atoms with E-state index in [1.807, 2.05) is 6.92 Å². The van der Waals surface area contributed by atoms with Gasteiger partial charge in [-0.2, -0.15) is 0 Å². The van der Waals surface area contributed by atoms with Crippen LogP contribution in [0, 0.1) is 6.92 Å². The SMILES string of the molecule is Cc1cc(NC(=O)c2nonc2N)ccn1. The Bertz CT molecular complexity index is 522. The van der Waals surface area contributed by atoms with E-state index >= 15 is 0 Å². The first kappa shape index (κ1) is 10.1. The third kappa shape index (κ3) is 1.97. The van der Waals surface area contributed by atoms with Crippen molar-refractivity contribution in [2.75, 3.05) is 11.1 Å². The van der Waals surface area contributed by atoms with Crippen LogP contribution in [0.3, 0.4) is 0 Å². The Morgan fingerprint density at radius 2 is 2.31 bits per heavy atom. The topological polar surface area (TPSA) is 107 Å². The Hall–Kier alpha value is -2.44. The number of aromatic nitrogens is 3. The lowest BCUT2D eigenvalue weighted by Gasteiger charge is -2.02. The van der Waals surface area contributed by atoms with Crippen LogP contribution in [0.2, 0.25) is 0 Å². The van der Waals surface area contributed by atoms with E-state index in [4.69, 9.17) is 5.73 Å². The van der Waals surface area contributed by atoms with E-state index in [2.05, 4.69) is 25.2 Å². The van der Waals surface area contributed by atoms with E-state index in [9.17, 15) is 4.79 Å². The Morgan fingerprint density at radius 1 is 1.50 bits per heavy atom. The van der Waals surface area contributed by atoms with Gasteiger partial charge in [0.25, 0.3) is 5.91 Å². The van der Waals surface area contributed by atoms with Crippen LogP contribution < -0.4 is 11.1 Å². The van der Waals surface area contributed by atoms with E-state index in [-0.39, 0.29) is 11.5 Å². The maximum atomic E-state index is 11.6. The van der Waals surface area contributed by atoms with Gasteiger partial charge in [0.1, 0.15) is 0 Å². The number of hydrogen-bond acceptors (Lipinski definition) is 6. The van der Waals surface area contributed by atoms with Crippen molar-refractivity contribution in [3.8, 4) is 0 Å². The summed E-state index contributed by atoms with van der Waals surface area (Å²) >= 11 is 0. The third-order valence-corrected chi connectivity index (χ3v) is 1.88. The molecule has 2 heterocycles. The minimum Gasteiger partial charge on any atom is -0.379 e. The molecule has 3 N–H and O–H groups in total. The van der Waals surface area contributed by atoms with Gasteiger partial charge in [0.2, 0.25) is 11.5 Å². The van der Waals surface area contributed by atoms with Gasteiger partial charge in [-0.25, -0.2) is 4.63 Å². The lowest BCUT2D eigenvalue weighted by atomic mass is 10.3. The lowest BCUT2D eigenvalue weighted by Crippen LogP contribution is -2.14. The Balaban J connectivity index is 2.17. The summed E-state index contributed by atoms with van der Waals surface area (Å²) in [5, 5.41) is 9.32. The molecular formula is C9H9N5O2. The van der Waals surface area contributed by atoms with Crippen LogP contribution in [0.1, 0.15) is 16.2 Å². The van der Waals surface area contributed by atoms with Crippen LogP contribution in [0.15, 0.2) is 23.0 Å². The molecule has 0 fully saturated rings. The molecule has 1 amide bonds. The predicted molar refractivity (Wildman–Crippen MR) is 55.6 cm³/mol. The average molecular weight is 219 g/mol. The number of nitrogen functional groups attached to an aromatic ring is 1. The summed E-state index contributed by atoms with van der Waals surface area (Å²) in [6, 6.07) is 3.39. The zero-order chi connectivity index (χ0) is 11.5. The Kier molecular flexibility index (Phi) is 2.50. The summed E-state index contributed by atoms with van der Waals surface area (Å²) in [4.78, 5) is 15.6. The third-order valence-electron chi connectivity index (χ3n) is 1.88. The highest BCUT2D eigenvalue weighted by atomic mass is 16.6. The molecule has 0 saturated carbocycles. The summed E-state index contributed by atoms with van der Waals surface area (Å²) < 4.78 is 4.33. The standard InChI is InChI=1S/C9H9N5O2/c1-5-4-6(2-3-11-5)12-9(15)7-8(10)14-16-13-7/h2-4H,1H3,(H2,10,14)(H,11,12,15). The van der Waals surface area contributed by atoms with Crippen LogP contribution in [-0.2, 0) is 0 Å². The summed E-state index contributed by atoms with van der Waals surface area (Å²) in [6.45, 7) is 1.82. The van der Waals surface area contributed by atoms with Crippen molar-refractivity contribution < 1.29 is 9.42 Å². The number of carbonyl (C=O) groups is 1.